The lowest BCUT2D eigenvalue weighted by molar-refractivity contribution is 0.0770. The number of thiazole rings is 1. The number of nitrogen functional groups attached to an aromatic ring is 1. The van der Waals surface area contributed by atoms with Crippen molar-refractivity contribution < 1.29 is 9.90 Å². The number of nitrogens with one attached hydrogen (secondary N) is 1. The topological polar surface area (TPSA) is 91.5 Å². The Hall–Kier alpha value is -1.34. The molecule has 0 spiro atoms. The van der Waals surface area contributed by atoms with E-state index < -0.39 is 6.10 Å². The third-order valence-corrected chi connectivity index (χ3v) is 3.98. The first kappa shape index (κ1) is 14.1. The number of anilines is 2. The van der Waals surface area contributed by atoms with Crippen LogP contribution in [-0.4, -0.2) is 46.6 Å². The lowest BCUT2D eigenvalue weighted by Crippen LogP contribution is -2.29. The van der Waals surface area contributed by atoms with Gasteiger partial charge in [0.15, 0.2) is 5.13 Å². The standard InChI is InChI=1S/C12H20N4O2S/c1-7(2)5-14-12-15-10(13)9(19-12)11(18)16-4-3-8(17)6-16/h7-8,17H,3-6,13H2,1-2H3,(H,14,15). The van der Waals surface area contributed by atoms with Crippen LogP contribution in [0.3, 0.4) is 0 Å². The van der Waals surface area contributed by atoms with Gasteiger partial charge in [-0.05, 0) is 12.3 Å². The molecule has 2 heterocycles. The van der Waals surface area contributed by atoms with E-state index in [4.69, 9.17) is 5.73 Å². The van der Waals surface area contributed by atoms with E-state index in [0.717, 1.165) is 6.54 Å². The molecule has 0 bridgehead atoms. The summed E-state index contributed by atoms with van der Waals surface area (Å²) in [4.78, 5) is 18.5. The normalized spacial score (nSPS) is 19.2. The largest absolute Gasteiger partial charge is 0.391 e. The van der Waals surface area contributed by atoms with Gasteiger partial charge < -0.3 is 21.1 Å². The highest BCUT2D eigenvalue weighted by Gasteiger charge is 2.28. The van der Waals surface area contributed by atoms with Gasteiger partial charge in [-0.1, -0.05) is 25.2 Å². The summed E-state index contributed by atoms with van der Waals surface area (Å²) in [6.07, 6.45) is 0.208. The maximum Gasteiger partial charge on any atom is 0.267 e. The molecule has 1 atom stereocenters. The molecular weight excluding hydrogens is 264 g/mol. The highest BCUT2D eigenvalue weighted by molar-refractivity contribution is 7.18. The van der Waals surface area contributed by atoms with Crippen molar-refractivity contribution in [3.05, 3.63) is 4.88 Å². The Morgan fingerprint density at radius 2 is 2.42 bits per heavy atom. The Bertz CT molecular complexity index is 461. The molecule has 1 fully saturated rings. The molecular formula is C12H20N4O2S. The van der Waals surface area contributed by atoms with Crippen LogP contribution in [0.25, 0.3) is 0 Å². The minimum atomic E-state index is -0.420. The number of aromatic nitrogens is 1. The summed E-state index contributed by atoms with van der Waals surface area (Å²) in [7, 11) is 0. The molecule has 1 aromatic heterocycles. The molecule has 0 radical (unpaired) electrons. The first-order valence-electron chi connectivity index (χ1n) is 6.45. The van der Waals surface area contributed by atoms with Gasteiger partial charge >= 0.3 is 0 Å². The van der Waals surface area contributed by atoms with E-state index >= 15 is 0 Å². The molecule has 1 saturated heterocycles. The number of aliphatic hydroxyl groups excluding tert-OH is 1. The molecule has 1 amide bonds. The number of nitrogens with zero attached hydrogens (tertiary/aromatic N) is 2. The summed E-state index contributed by atoms with van der Waals surface area (Å²) in [6.45, 7) is 5.95. The molecule has 19 heavy (non-hydrogen) atoms. The van der Waals surface area contributed by atoms with Gasteiger partial charge in [0.05, 0.1) is 6.10 Å². The zero-order valence-electron chi connectivity index (χ0n) is 11.2. The van der Waals surface area contributed by atoms with Gasteiger partial charge in [-0.15, -0.1) is 0 Å². The highest BCUT2D eigenvalue weighted by Crippen LogP contribution is 2.27. The van der Waals surface area contributed by atoms with Gasteiger partial charge in [0, 0.05) is 19.6 Å². The number of rotatable bonds is 4. The van der Waals surface area contributed by atoms with E-state index in [1.165, 1.54) is 11.3 Å². The second kappa shape index (κ2) is 5.75. The molecule has 1 aliphatic rings. The maximum absolute atomic E-state index is 12.2. The molecule has 1 aromatic rings. The summed E-state index contributed by atoms with van der Waals surface area (Å²) in [5, 5.41) is 13.3. The number of β-amino-alcohol motifs (C(OH)–C–C–N with tert-alkyl or cyclic N) is 1. The number of likely N-dealkylation sites (tertiary alicyclic amines) is 1. The van der Waals surface area contributed by atoms with Crippen molar-refractivity contribution in [2.45, 2.75) is 26.4 Å². The van der Waals surface area contributed by atoms with Crippen LogP contribution in [0.15, 0.2) is 0 Å². The Kier molecular flexibility index (Phi) is 4.26. The predicted octanol–water partition coefficient (Wildman–Crippen LogP) is 1.000. The van der Waals surface area contributed by atoms with Crippen molar-refractivity contribution in [1.82, 2.24) is 9.88 Å². The van der Waals surface area contributed by atoms with Crippen LogP contribution >= 0.6 is 11.3 Å². The van der Waals surface area contributed by atoms with Crippen LogP contribution in [0.2, 0.25) is 0 Å². The van der Waals surface area contributed by atoms with Crippen molar-refractivity contribution >= 4 is 28.2 Å². The molecule has 6 nitrogen and oxygen atoms in total. The Balaban J connectivity index is 2.05. The summed E-state index contributed by atoms with van der Waals surface area (Å²) >= 11 is 1.28. The lowest BCUT2D eigenvalue weighted by Gasteiger charge is -2.13. The summed E-state index contributed by atoms with van der Waals surface area (Å²) < 4.78 is 0. The molecule has 7 heteroatoms. The fourth-order valence-corrected chi connectivity index (χ4v) is 2.78. The monoisotopic (exact) mass is 284 g/mol. The fourth-order valence-electron chi connectivity index (χ4n) is 1.92. The van der Waals surface area contributed by atoms with Crippen molar-refractivity contribution in [3.8, 4) is 0 Å². The summed E-state index contributed by atoms with van der Waals surface area (Å²) in [5.74, 6) is 0.629. The summed E-state index contributed by atoms with van der Waals surface area (Å²) in [6, 6.07) is 0. The van der Waals surface area contributed by atoms with Crippen molar-refractivity contribution in [2.24, 2.45) is 5.92 Å². The molecule has 106 valence electrons. The van der Waals surface area contributed by atoms with Crippen LogP contribution < -0.4 is 11.1 Å². The number of carbonyl (C=O) groups excluding carboxylic acids is 1. The van der Waals surface area contributed by atoms with Crippen molar-refractivity contribution in [2.75, 3.05) is 30.7 Å². The quantitative estimate of drug-likeness (QED) is 0.767. The number of carbonyl (C=O) groups is 1. The molecule has 4 N–H and O–H groups in total. The zero-order valence-corrected chi connectivity index (χ0v) is 12.0. The number of nitrogens with two attached hydrogens (primary N) is 1. The third-order valence-electron chi connectivity index (χ3n) is 2.96. The van der Waals surface area contributed by atoms with Crippen LogP contribution in [0.5, 0.6) is 0 Å². The van der Waals surface area contributed by atoms with Gasteiger partial charge in [-0.2, -0.15) is 0 Å². The third kappa shape index (κ3) is 3.36. The van der Waals surface area contributed by atoms with E-state index in [1.54, 1.807) is 4.90 Å². The van der Waals surface area contributed by atoms with Crippen LogP contribution in [-0.2, 0) is 0 Å². The lowest BCUT2D eigenvalue weighted by atomic mass is 10.2. The average molecular weight is 284 g/mol. The average Bonchev–Trinajstić information content (AvgIpc) is 2.92. The van der Waals surface area contributed by atoms with Crippen LogP contribution in [0.1, 0.15) is 29.9 Å². The highest BCUT2D eigenvalue weighted by atomic mass is 32.1. The molecule has 0 saturated carbocycles. The molecule has 0 aromatic carbocycles. The Morgan fingerprint density at radius 3 is 3.00 bits per heavy atom. The minimum absolute atomic E-state index is 0.135. The molecule has 1 aliphatic heterocycles. The first-order chi connectivity index (χ1) is 8.97. The van der Waals surface area contributed by atoms with E-state index in [0.29, 0.717) is 35.4 Å². The Morgan fingerprint density at radius 1 is 1.68 bits per heavy atom. The van der Waals surface area contributed by atoms with E-state index in [-0.39, 0.29) is 11.7 Å². The van der Waals surface area contributed by atoms with Gasteiger partial charge in [-0.3, -0.25) is 4.79 Å². The second-order valence-corrected chi connectivity index (χ2v) is 6.20. The van der Waals surface area contributed by atoms with E-state index in [9.17, 15) is 9.90 Å². The second-order valence-electron chi connectivity index (χ2n) is 5.20. The SMILES string of the molecule is CC(C)CNc1nc(N)c(C(=O)N2CCC(O)C2)s1. The van der Waals surface area contributed by atoms with Gasteiger partial charge in [-0.25, -0.2) is 4.98 Å². The van der Waals surface area contributed by atoms with Crippen LogP contribution in [0, 0.1) is 5.92 Å². The van der Waals surface area contributed by atoms with Crippen molar-refractivity contribution in [3.63, 3.8) is 0 Å². The van der Waals surface area contributed by atoms with E-state index in [1.807, 2.05) is 0 Å². The molecule has 2 rings (SSSR count). The summed E-state index contributed by atoms with van der Waals surface area (Å²) in [5.41, 5.74) is 5.80. The zero-order chi connectivity index (χ0) is 14.0. The van der Waals surface area contributed by atoms with Crippen LogP contribution in [0.4, 0.5) is 10.9 Å². The molecule has 1 unspecified atom stereocenters. The smallest absolute Gasteiger partial charge is 0.267 e. The van der Waals surface area contributed by atoms with E-state index in [2.05, 4.69) is 24.1 Å². The fraction of sp³-hybridized carbons (Fsp3) is 0.667. The first-order valence-corrected chi connectivity index (χ1v) is 7.26. The predicted molar refractivity (Wildman–Crippen MR) is 76.4 cm³/mol. The number of amides is 1. The minimum Gasteiger partial charge on any atom is -0.391 e. The van der Waals surface area contributed by atoms with Crippen molar-refractivity contribution in [1.29, 1.82) is 0 Å². The Labute approximate surface area is 116 Å². The van der Waals surface area contributed by atoms with Gasteiger partial charge in [0.2, 0.25) is 0 Å². The maximum atomic E-state index is 12.2. The number of aliphatic hydroxyl groups is 1. The van der Waals surface area contributed by atoms with Gasteiger partial charge in [0.1, 0.15) is 10.7 Å². The van der Waals surface area contributed by atoms with Gasteiger partial charge in [0.25, 0.3) is 5.91 Å². The number of hydrogen-bond donors (Lipinski definition) is 3. The molecule has 0 aliphatic carbocycles. The number of hydrogen-bond acceptors (Lipinski definition) is 6.